The van der Waals surface area contributed by atoms with Crippen LogP contribution in [0.15, 0.2) is 24.3 Å². The Labute approximate surface area is 128 Å². The highest BCUT2D eigenvalue weighted by atomic mass is 19.4. The molecule has 1 saturated heterocycles. The van der Waals surface area contributed by atoms with Gasteiger partial charge >= 0.3 is 6.18 Å². The molecule has 2 unspecified atom stereocenters. The second kappa shape index (κ2) is 6.69. The molecule has 0 spiro atoms. The number of carbonyl (C=O) groups is 1. The Morgan fingerprint density at radius 2 is 2.09 bits per heavy atom. The fraction of sp³-hybridized carbons (Fsp3) is 0.562. The monoisotopic (exact) mass is 314 g/mol. The van der Waals surface area contributed by atoms with Gasteiger partial charge in [0.15, 0.2) is 0 Å². The van der Waals surface area contributed by atoms with Gasteiger partial charge in [-0.3, -0.25) is 4.79 Å². The average Bonchev–Trinajstić information content (AvgIpc) is 2.95. The third kappa shape index (κ3) is 3.80. The fourth-order valence-corrected chi connectivity index (χ4v) is 2.94. The molecule has 1 aromatic carbocycles. The highest BCUT2D eigenvalue weighted by Crippen LogP contribution is 2.36. The minimum atomic E-state index is -4.40. The van der Waals surface area contributed by atoms with Crippen LogP contribution in [0.5, 0.6) is 0 Å². The van der Waals surface area contributed by atoms with Gasteiger partial charge in [-0.1, -0.05) is 25.1 Å². The van der Waals surface area contributed by atoms with Crippen LogP contribution in [0.2, 0.25) is 0 Å². The van der Waals surface area contributed by atoms with Crippen LogP contribution >= 0.6 is 0 Å². The van der Waals surface area contributed by atoms with E-state index in [0.29, 0.717) is 25.6 Å². The smallest absolute Gasteiger partial charge is 0.342 e. The van der Waals surface area contributed by atoms with Gasteiger partial charge in [0.05, 0.1) is 5.56 Å². The zero-order chi connectivity index (χ0) is 16.3. The van der Waals surface area contributed by atoms with Gasteiger partial charge in [-0.2, -0.15) is 13.2 Å². The van der Waals surface area contributed by atoms with Crippen LogP contribution in [0, 0.1) is 5.92 Å². The maximum atomic E-state index is 13.0. The molecule has 0 radical (unpaired) electrons. The predicted molar refractivity (Wildman–Crippen MR) is 78.2 cm³/mol. The zero-order valence-electron chi connectivity index (χ0n) is 12.6. The summed E-state index contributed by atoms with van der Waals surface area (Å²) in [4.78, 5) is 14.0. The quantitative estimate of drug-likeness (QED) is 0.928. The maximum Gasteiger partial charge on any atom is 0.416 e. The molecule has 0 saturated carbocycles. The van der Waals surface area contributed by atoms with Crippen LogP contribution in [0.3, 0.4) is 0 Å². The summed E-state index contributed by atoms with van der Waals surface area (Å²) in [5, 5.41) is 0. The molecule has 1 heterocycles. The van der Waals surface area contributed by atoms with Crippen molar-refractivity contribution < 1.29 is 18.0 Å². The molecule has 22 heavy (non-hydrogen) atoms. The van der Waals surface area contributed by atoms with Crippen molar-refractivity contribution in [3.8, 4) is 0 Å². The van der Waals surface area contributed by atoms with Gasteiger partial charge in [0.2, 0.25) is 5.91 Å². The lowest BCUT2D eigenvalue weighted by molar-refractivity contribution is -0.139. The van der Waals surface area contributed by atoms with Crippen molar-refractivity contribution >= 4 is 5.91 Å². The molecular formula is C16H21F3N2O. The summed E-state index contributed by atoms with van der Waals surface area (Å²) in [7, 11) is 0. The molecule has 0 aromatic heterocycles. The number of benzene rings is 1. The Hall–Kier alpha value is -1.56. The van der Waals surface area contributed by atoms with Crippen molar-refractivity contribution in [2.24, 2.45) is 11.7 Å². The van der Waals surface area contributed by atoms with E-state index < -0.39 is 17.7 Å². The molecule has 2 atom stereocenters. The molecular weight excluding hydrogens is 293 g/mol. The first kappa shape index (κ1) is 16.8. The number of likely N-dealkylation sites (tertiary alicyclic amines) is 1. The fourth-order valence-electron chi connectivity index (χ4n) is 2.94. The third-order valence-corrected chi connectivity index (χ3v) is 4.25. The molecule has 1 aliphatic heterocycles. The highest BCUT2D eigenvalue weighted by Gasteiger charge is 2.35. The topological polar surface area (TPSA) is 46.3 Å². The maximum absolute atomic E-state index is 13.0. The Bertz CT molecular complexity index is 530. The van der Waals surface area contributed by atoms with Gasteiger partial charge in [-0.25, -0.2) is 0 Å². The van der Waals surface area contributed by atoms with Crippen molar-refractivity contribution in [1.82, 2.24) is 4.90 Å². The van der Waals surface area contributed by atoms with E-state index in [1.165, 1.54) is 12.1 Å². The molecule has 122 valence electrons. The summed E-state index contributed by atoms with van der Waals surface area (Å²) in [5.74, 6) is -0.260. The lowest BCUT2D eigenvalue weighted by Crippen LogP contribution is -2.30. The minimum Gasteiger partial charge on any atom is -0.342 e. The van der Waals surface area contributed by atoms with Crippen LogP contribution in [-0.2, 0) is 11.0 Å². The number of hydrogen-bond donors (Lipinski definition) is 1. The number of nitrogens with zero attached hydrogens (tertiary/aromatic N) is 1. The molecule has 0 bridgehead atoms. The number of rotatable bonds is 4. The highest BCUT2D eigenvalue weighted by molar-refractivity contribution is 5.77. The second-order valence-electron chi connectivity index (χ2n) is 5.92. The largest absolute Gasteiger partial charge is 0.416 e. The van der Waals surface area contributed by atoms with Gasteiger partial charge in [0.25, 0.3) is 0 Å². The Morgan fingerprint density at radius 3 is 2.68 bits per heavy atom. The third-order valence-electron chi connectivity index (χ3n) is 4.25. The van der Waals surface area contributed by atoms with Gasteiger partial charge in [-0.15, -0.1) is 0 Å². The number of nitrogens with two attached hydrogens (primary N) is 1. The number of halogens is 3. The lowest BCUT2D eigenvalue weighted by atomic mass is 9.92. The van der Waals surface area contributed by atoms with E-state index in [-0.39, 0.29) is 17.9 Å². The Kier molecular flexibility index (Phi) is 5.11. The van der Waals surface area contributed by atoms with Gasteiger partial charge in [-0.05, 0) is 36.4 Å². The first-order valence-electron chi connectivity index (χ1n) is 7.47. The Balaban J connectivity index is 2.07. The molecule has 0 aliphatic carbocycles. The van der Waals surface area contributed by atoms with Crippen LogP contribution in [-0.4, -0.2) is 30.4 Å². The summed E-state index contributed by atoms with van der Waals surface area (Å²) in [6, 6.07) is 5.46. The predicted octanol–water partition coefficient (Wildman–Crippen LogP) is 3.01. The van der Waals surface area contributed by atoms with Crippen LogP contribution < -0.4 is 5.73 Å². The number of amides is 1. The SMILES string of the molecule is CC(CC(=O)N1CCC(CN)C1)c1ccccc1C(F)(F)F. The van der Waals surface area contributed by atoms with E-state index in [1.807, 2.05) is 0 Å². The molecule has 1 fully saturated rings. The van der Waals surface area contributed by atoms with Crippen molar-refractivity contribution in [3.63, 3.8) is 0 Å². The van der Waals surface area contributed by atoms with Crippen molar-refractivity contribution in [2.45, 2.75) is 31.9 Å². The second-order valence-corrected chi connectivity index (χ2v) is 5.92. The molecule has 1 amide bonds. The molecule has 2 N–H and O–H groups in total. The summed E-state index contributed by atoms with van der Waals surface area (Å²) < 4.78 is 39.1. The van der Waals surface area contributed by atoms with Crippen molar-refractivity contribution in [3.05, 3.63) is 35.4 Å². The normalized spacial score (nSPS) is 20.2. The van der Waals surface area contributed by atoms with Gasteiger partial charge in [0.1, 0.15) is 0 Å². The van der Waals surface area contributed by atoms with E-state index in [1.54, 1.807) is 17.9 Å². The minimum absolute atomic E-state index is 0.0877. The number of carbonyl (C=O) groups excluding carboxylic acids is 1. The van der Waals surface area contributed by atoms with E-state index in [0.717, 1.165) is 12.5 Å². The first-order chi connectivity index (χ1) is 10.3. The summed E-state index contributed by atoms with van der Waals surface area (Å²) in [6.07, 6.45) is -3.44. The average molecular weight is 314 g/mol. The summed E-state index contributed by atoms with van der Waals surface area (Å²) >= 11 is 0. The van der Waals surface area contributed by atoms with E-state index >= 15 is 0 Å². The standard InChI is InChI=1S/C16H21F3N2O/c1-11(8-15(22)21-7-6-12(9-20)10-21)13-4-2-3-5-14(13)16(17,18)19/h2-5,11-12H,6-10,20H2,1H3. The molecule has 2 rings (SSSR count). The molecule has 1 aromatic rings. The molecule has 1 aliphatic rings. The number of hydrogen-bond acceptors (Lipinski definition) is 2. The molecule has 6 heteroatoms. The van der Waals surface area contributed by atoms with E-state index in [2.05, 4.69) is 0 Å². The van der Waals surface area contributed by atoms with Gasteiger partial charge in [0, 0.05) is 19.5 Å². The van der Waals surface area contributed by atoms with E-state index in [9.17, 15) is 18.0 Å². The van der Waals surface area contributed by atoms with Crippen LogP contribution in [0.4, 0.5) is 13.2 Å². The zero-order valence-corrected chi connectivity index (χ0v) is 12.6. The molecule has 3 nitrogen and oxygen atoms in total. The summed E-state index contributed by atoms with van der Waals surface area (Å²) in [5.41, 5.74) is 5.12. The van der Waals surface area contributed by atoms with Crippen LogP contribution in [0.1, 0.15) is 36.8 Å². The van der Waals surface area contributed by atoms with E-state index in [4.69, 9.17) is 5.73 Å². The summed E-state index contributed by atoms with van der Waals surface area (Å²) in [6.45, 7) is 3.46. The van der Waals surface area contributed by atoms with Crippen molar-refractivity contribution in [2.75, 3.05) is 19.6 Å². The van der Waals surface area contributed by atoms with Crippen LogP contribution in [0.25, 0.3) is 0 Å². The lowest BCUT2D eigenvalue weighted by Gasteiger charge is -2.21. The number of alkyl halides is 3. The van der Waals surface area contributed by atoms with Gasteiger partial charge < -0.3 is 10.6 Å². The van der Waals surface area contributed by atoms with Crippen molar-refractivity contribution in [1.29, 1.82) is 0 Å². The first-order valence-corrected chi connectivity index (χ1v) is 7.47. The Morgan fingerprint density at radius 1 is 1.41 bits per heavy atom.